The predicted octanol–water partition coefficient (Wildman–Crippen LogP) is 3.87. The van der Waals surface area contributed by atoms with Crippen molar-refractivity contribution >= 4 is 22.6 Å². The van der Waals surface area contributed by atoms with Crippen molar-refractivity contribution in [2.75, 3.05) is 11.9 Å². The van der Waals surface area contributed by atoms with Crippen LogP contribution in [0.3, 0.4) is 0 Å². The largest absolute Gasteiger partial charge is 0.369 e. The van der Waals surface area contributed by atoms with Gasteiger partial charge in [-0.2, -0.15) is 0 Å². The quantitative estimate of drug-likeness (QED) is 0.409. The van der Waals surface area contributed by atoms with E-state index >= 15 is 0 Å². The zero-order valence-corrected chi connectivity index (χ0v) is 17.7. The van der Waals surface area contributed by atoms with Crippen molar-refractivity contribution in [1.82, 2.24) is 19.9 Å². The molecule has 31 heavy (non-hydrogen) atoms. The zero-order valence-electron chi connectivity index (χ0n) is 17.7. The monoisotopic (exact) mass is 413 g/mol. The normalized spacial score (nSPS) is 10.9. The highest BCUT2D eigenvalue weighted by atomic mass is 16.1. The van der Waals surface area contributed by atoms with Gasteiger partial charge in [0.1, 0.15) is 5.82 Å². The minimum absolute atomic E-state index is 0.0414. The molecule has 0 aliphatic rings. The van der Waals surface area contributed by atoms with E-state index < -0.39 is 0 Å². The fraction of sp³-hybridized carbons (Fsp3) is 0.240. The first kappa shape index (κ1) is 20.6. The molecule has 0 saturated heterocycles. The van der Waals surface area contributed by atoms with Crippen LogP contribution >= 0.6 is 0 Å². The summed E-state index contributed by atoms with van der Waals surface area (Å²) in [6.45, 7) is 1.12. The van der Waals surface area contributed by atoms with E-state index in [4.69, 9.17) is 0 Å². The lowest BCUT2D eigenvalue weighted by Crippen LogP contribution is -2.25. The van der Waals surface area contributed by atoms with Gasteiger partial charge in [-0.3, -0.25) is 4.79 Å². The fourth-order valence-electron chi connectivity index (χ4n) is 3.57. The maximum absolute atomic E-state index is 12.3. The molecule has 0 fully saturated rings. The van der Waals surface area contributed by atoms with Crippen LogP contribution in [0.25, 0.3) is 10.9 Å². The first-order valence-corrected chi connectivity index (χ1v) is 10.6. The summed E-state index contributed by atoms with van der Waals surface area (Å²) in [6.07, 6.45) is 6.25. The molecular formula is C25H27N5O. The summed E-state index contributed by atoms with van der Waals surface area (Å²) in [5, 5.41) is 7.39. The number of hydrogen-bond donors (Lipinski definition) is 2. The number of fused-ring (bicyclic) bond motifs is 1. The fourth-order valence-corrected chi connectivity index (χ4v) is 3.57. The Morgan fingerprint density at radius 3 is 2.58 bits per heavy atom. The standard InChI is InChI=1S/C25H27N5O/c1-30-15-13-20(18-30)16-24(31)27-17-23-28-22-12-6-5-11-21(22)25(29-23)26-14-7-10-19-8-3-2-4-9-19/h2-6,8-9,11-13,15,18H,7,10,14,16-17H2,1H3,(H,27,31)(H,26,28,29). The summed E-state index contributed by atoms with van der Waals surface area (Å²) < 4.78 is 1.94. The number of aromatic nitrogens is 3. The van der Waals surface area contributed by atoms with Crippen LogP contribution in [0, 0.1) is 0 Å². The van der Waals surface area contributed by atoms with Crippen LogP contribution in [-0.4, -0.2) is 27.0 Å². The molecule has 6 heteroatoms. The summed E-state index contributed by atoms with van der Waals surface area (Å²) in [4.78, 5) is 21.6. The van der Waals surface area contributed by atoms with Gasteiger partial charge in [-0.15, -0.1) is 0 Å². The Balaban J connectivity index is 1.39. The molecule has 0 aliphatic heterocycles. The second-order valence-electron chi connectivity index (χ2n) is 7.66. The molecule has 2 heterocycles. The van der Waals surface area contributed by atoms with Crippen molar-refractivity contribution in [1.29, 1.82) is 0 Å². The van der Waals surface area contributed by atoms with E-state index in [0.717, 1.165) is 41.7 Å². The summed E-state index contributed by atoms with van der Waals surface area (Å²) >= 11 is 0. The number of nitrogens with one attached hydrogen (secondary N) is 2. The van der Waals surface area contributed by atoms with E-state index in [2.05, 4.69) is 44.9 Å². The molecule has 0 radical (unpaired) electrons. The van der Waals surface area contributed by atoms with Gasteiger partial charge in [0.15, 0.2) is 5.82 Å². The van der Waals surface area contributed by atoms with E-state index in [0.29, 0.717) is 18.8 Å². The van der Waals surface area contributed by atoms with Gasteiger partial charge in [-0.05, 0) is 42.2 Å². The van der Waals surface area contributed by atoms with E-state index in [9.17, 15) is 4.79 Å². The van der Waals surface area contributed by atoms with E-state index in [1.165, 1.54) is 5.56 Å². The number of anilines is 1. The Hall–Kier alpha value is -3.67. The van der Waals surface area contributed by atoms with Gasteiger partial charge >= 0.3 is 0 Å². The summed E-state index contributed by atoms with van der Waals surface area (Å²) in [7, 11) is 1.94. The molecule has 2 N–H and O–H groups in total. The Morgan fingerprint density at radius 2 is 1.77 bits per heavy atom. The third-order valence-corrected chi connectivity index (χ3v) is 5.13. The highest BCUT2D eigenvalue weighted by Gasteiger charge is 2.10. The molecule has 0 spiro atoms. The molecular weight excluding hydrogens is 386 g/mol. The van der Waals surface area contributed by atoms with Gasteiger partial charge < -0.3 is 15.2 Å². The second-order valence-corrected chi connectivity index (χ2v) is 7.66. The topological polar surface area (TPSA) is 71.8 Å². The minimum Gasteiger partial charge on any atom is -0.369 e. The van der Waals surface area contributed by atoms with Crippen molar-refractivity contribution < 1.29 is 4.79 Å². The second kappa shape index (κ2) is 9.89. The highest BCUT2D eigenvalue weighted by Crippen LogP contribution is 2.20. The number of para-hydroxylation sites is 1. The van der Waals surface area contributed by atoms with Crippen LogP contribution in [0.15, 0.2) is 73.1 Å². The minimum atomic E-state index is -0.0414. The molecule has 0 aliphatic carbocycles. The van der Waals surface area contributed by atoms with Gasteiger partial charge in [-0.1, -0.05) is 42.5 Å². The SMILES string of the molecule is Cn1ccc(CC(=O)NCc2nc(NCCCc3ccccc3)c3ccccc3n2)c1. The Labute approximate surface area is 182 Å². The first-order chi connectivity index (χ1) is 15.2. The molecule has 0 atom stereocenters. The molecule has 158 valence electrons. The third kappa shape index (κ3) is 5.69. The van der Waals surface area contributed by atoms with Crippen molar-refractivity contribution in [2.45, 2.75) is 25.8 Å². The van der Waals surface area contributed by atoms with Crippen LogP contribution < -0.4 is 10.6 Å². The van der Waals surface area contributed by atoms with Crippen molar-refractivity contribution in [2.24, 2.45) is 7.05 Å². The average Bonchev–Trinajstić information content (AvgIpc) is 3.20. The number of carbonyl (C=O) groups is 1. The summed E-state index contributed by atoms with van der Waals surface area (Å²) in [5.74, 6) is 1.37. The maximum Gasteiger partial charge on any atom is 0.224 e. The Kier molecular flexibility index (Phi) is 6.57. The van der Waals surface area contributed by atoms with Crippen molar-refractivity contribution in [3.8, 4) is 0 Å². The molecule has 0 unspecified atom stereocenters. The smallest absolute Gasteiger partial charge is 0.224 e. The number of aryl methyl sites for hydroxylation is 2. The van der Waals surface area contributed by atoms with E-state index in [1.54, 1.807) is 0 Å². The molecule has 0 saturated carbocycles. The van der Waals surface area contributed by atoms with Gasteiger partial charge in [0.2, 0.25) is 5.91 Å². The number of nitrogens with zero attached hydrogens (tertiary/aromatic N) is 3. The lowest BCUT2D eigenvalue weighted by molar-refractivity contribution is -0.120. The molecule has 2 aromatic heterocycles. The number of benzene rings is 2. The van der Waals surface area contributed by atoms with E-state index in [1.807, 2.05) is 60.4 Å². The number of hydrogen-bond acceptors (Lipinski definition) is 4. The zero-order chi connectivity index (χ0) is 21.5. The van der Waals surface area contributed by atoms with Gasteiger partial charge in [0.05, 0.1) is 18.5 Å². The van der Waals surface area contributed by atoms with Gasteiger partial charge in [0.25, 0.3) is 0 Å². The maximum atomic E-state index is 12.3. The summed E-state index contributed by atoms with van der Waals surface area (Å²) in [6, 6.07) is 20.4. The highest BCUT2D eigenvalue weighted by molar-refractivity contribution is 5.89. The van der Waals surface area contributed by atoms with E-state index in [-0.39, 0.29) is 5.91 Å². The summed E-state index contributed by atoms with van der Waals surface area (Å²) in [5.41, 5.74) is 3.19. The van der Waals surface area contributed by atoms with Gasteiger partial charge in [-0.25, -0.2) is 9.97 Å². The Morgan fingerprint density at radius 1 is 0.968 bits per heavy atom. The Bertz CT molecular complexity index is 1150. The molecule has 0 bridgehead atoms. The van der Waals surface area contributed by atoms with Crippen LogP contribution in [0.5, 0.6) is 0 Å². The third-order valence-electron chi connectivity index (χ3n) is 5.13. The van der Waals surface area contributed by atoms with Crippen molar-refractivity contribution in [3.63, 3.8) is 0 Å². The lowest BCUT2D eigenvalue weighted by Gasteiger charge is -2.11. The number of carbonyl (C=O) groups excluding carboxylic acids is 1. The van der Waals surface area contributed by atoms with Crippen LogP contribution in [0.1, 0.15) is 23.4 Å². The van der Waals surface area contributed by atoms with Crippen LogP contribution in [-0.2, 0) is 31.2 Å². The average molecular weight is 414 g/mol. The molecule has 1 amide bonds. The van der Waals surface area contributed by atoms with Crippen molar-refractivity contribution in [3.05, 3.63) is 90.0 Å². The number of amides is 1. The van der Waals surface area contributed by atoms with Crippen LogP contribution in [0.4, 0.5) is 5.82 Å². The van der Waals surface area contributed by atoms with Gasteiger partial charge in [0, 0.05) is 31.4 Å². The first-order valence-electron chi connectivity index (χ1n) is 10.6. The predicted molar refractivity (Wildman–Crippen MR) is 124 cm³/mol. The lowest BCUT2D eigenvalue weighted by atomic mass is 10.1. The molecule has 4 aromatic rings. The number of rotatable bonds is 9. The molecule has 4 rings (SSSR count). The molecule has 6 nitrogen and oxygen atoms in total. The van der Waals surface area contributed by atoms with Crippen LogP contribution in [0.2, 0.25) is 0 Å². The molecule has 2 aromatic carbocycles.